The van der Waals surface area contributed by atoms with Crippen LogP contribution in [0.25, 0.3) is 0 Å². The minimum Gasteiger partial charge on any atom is -0.507 e. The molecule has 0 saturated heterocycles. The highest BCUT2D eigenvalue weighted by molar-refractivity contribution is 9.10. The lowest BCUT2D eigenvalue weighted by Gasteiger charge is -2.19. The predicted octanol–water partition coefficient (Wildman–Crippen LogP) is 4.48. The number of nitrogens with one attached hydrogen (secondary N) is 1. The Balaban J connectivity index is 2.33. The Kier molecular flexibility index (Phi) is 4.18. The van der Waals surface area contributed by atoms with E-state index in [-0.39, 0.29) is 23.4 Å². The number of benzene rings is 2. The molecule has 2 aromatic carbocycles. The van der Waals surface area contributed by atoms with Crippen LogP contribution in [-0.2, 0) is 0 Å². The molecule has 0 aliphatic heterocycles. The molecule has 1 atom stereocenters. The first-order valence-electron chi connectivity index (χ1n) is 6.13. The molecular weight excluding hydrogens is 325 g/mol. The standard InChI is InChI=1S/C15H15BrFNO2/c1-8-6-10(16)11(17)7-12(8)18-9(2)15-13(19)4-3-5-14(15)20/h3-7,9,18-20H,1-2H3. The lowest BCUT2D eigenvalue weighted by atomic mass is 10.0. The van der Waals surface area contributed by atoms with Crippen LogP contribution in [0, 0.1) is 12.7 Å². The minimum atomic E-state index is -0.369. The van der Waals surface area contributed by atoms with E-state index in [9.17, 15) is 14.6 Å². The van der Waals surface area contributed by atoms with Crippen molar-refractivity contribution in [2.45, 2.75) is 19.9 Å². The molecular formula is C15H15BrFNO2. The smallest absolute Gasteiger partial charge is 0.139 e. The first-order chi connectivity index (χ1) is 9.40. The van der Waals surface area contributed by atoms with Gasteiger partial charge in [-0.2, -0.15) is 0 Å². The van der Waals surface area contributed by atoms with Crippen LogP contribution in [-0.4, -0.2) is 10.2 Å². The molecule has 3 N–H and O–H groups in total. The van der Waals surface area contributed by atoms with Crippen molar-refractivity contribution in [3.05, 3.63) is 51.7 Å². The first kappa shape index (κ1) is 14.7. The summed E-state index contributed by atoms with van der Waals surface area (Å²) in [5, 5.41) is 22.7. The van der Waals surface area contributed by atoms with Gasteiger partial charge in [-0.05, 0) is 59.6 Å². The monoisotopic (exact) mass is 339 g/mol. The van der Waals surface area contributed by atoms with Crippen LogP contribution in [0.15, 0.2) is 34.8 Å². The number of phenolic OH excluding ortho intramolecular Hbond substituents is 2. The number of aryl methyl sites for hydroxylation is 1. The van der Waals surface area contributed by atoms with Gasteiger partial charge in [-0.3, -0.25) is 0 Å². The molecule has 0 amide bonds. The highest BCUT2D eigenvalue weighted by atomic mass is 79.9. The summed E-state index contributed by atoms with van der Waals surface area (Å²) in [6.07, 6.45) is 0. The molecule has 3 nitrogen and oxygen atoms in total. The zero-order chi connectivity index (χ0) is 14.9. The Morgan fingerprint density at radius 3 is 2.40 bits per heavy atom. The average molecular weight is 340 g/mol. The van der Waals surface area contributed by atoms with Gasteiger partial charge >= 0.3 is 0 Å². The summed E-state index contributed by atoms with van der Waals surface area (Å²) in [6.45, 7) is 3.64. The number of hydrogen-bond acceptors (Lipinski definition) is 3. The van der Waals surface area contributed by atoms with E-state index in [1.165, 1.54) is 18.2 Å². The minimum absolute atomic E-state index is 0.000219. The van der Waals surface area contributed by atoms with E-state index in [2.05, 4.69) is 21.2 Å². The summed E-state index contributed by atoms with van der Waals surface area (Å²) in [4.78, 5) is 0. The maximum atomic E-state index is 13.6. The summed E-state index contributed by atoms with van der Waals surface area (Å²) in [7, 11) is 0. The van der Waals surface area contributed by atoms with Gasteiger partial charge in [-0.15, -0.1) is 0 Å². The average Bonchev–Trinajstić information content (AvgIpc) is 2.35. The molecule has 5 heteroatoms. The zero-order valence-corrected chi connectivity index (χ0v) is 12.7. The highest BCUT2D eigenvalue weighted by Gasteiger charge is 2.16. The maximum Gasteiger partial charge on any atom is 0.139 e. The Morgan fingerprint density at radius 1 is 1.20 bits per heavy atom. The van der Waals surface area contributed by atoms with E-state index >= 15 is 0 Å². The van der Waals surface area contributed by atoms with E-state index in [0.717, 1.165) is 5.56 Å². The molecule has 0 spiro atoms. The topological polar surface area (TPSA) is 52.5 Å². The van der Waals surface area contributed by atoms with E-state index < -0.39 is 0 Å². The fourth-order valence-corrected chi connectivity index (χ4v) is 2.55. The van der Waals surface area contributed by atoms with Gasteiger partial charge in [-0.1, -0.05) is 6.07 Å². The number of aromatic hydroxyl groups is 2. The quantitative estimate of drug-likeness (QED) is 0.772. The SMILES string of the molecule is Cc1cc(Br)c(F)cc1NC(C)c1c(O)cccc1O. The lowest BCUT2D eigenvalue weighted by molar-refractivity contribution is 0.434. The molecule has 2 aromatic rings. The second-order valence-electron chi connectivity index (χ2n) is 4.66. The third kappa shape index (κ3) is 2.88. The normalized spacial score (nSPS) is 12.2. The molecule has 0 bridgehead atoms. The molecule has 20 heavy (non-hydrogen) atoms. The third-order valence-corrected chi connectivity index (χ3v) is 3.74. The van der Waals surface area contributed by atoms with Crippen molar-refractivity contribution in [1.82, 2.24) is 0 Å². The first-order valence-corrected chi connectivity index (χ1v) is 6.92. The maximum absolute atomic E-state index is 13.6. The zero-order valence-electron chi connectivity index (χ0n) is 11.1. The van der Waals surface area contributed by atoms with Crippen molar-refractivity contribution in [1.29, 1.82) is 0 Å². The van der Waals surface area contributed by atoms with Crippen molar-refractivity contribution in [3.8, 4) is 11.5 Å². The van der Waals surface area contributed by atoms with Gasteiger partial charge in [0.05, 0.1) is 16.1 Å². The molecule has 1 unspecified atom stereocenters. The van der Waals surface area contributed by atoms with E-state index in [1.54, 1.807) is 19.1 Å². The van der Waals surface area contributed by atoms with Gasteiger partial charge in [0.2, 0.25) is 0 Å². The Hall–Kier alpha value is -1.75. The van der Waals surface area contributed by atoms with E-state index in [0.29, 0.717) is 15.7 Å². The fraction of sp³-hybridized carbons (Fsp3) is 0.200. The van der Waals surface area contributed by atoms with E-state index in [1.807, 2.05) is 6.92 Å². The largest absolute Gasteiger partial charge is 0.507 e. The van der Waals surface area contributed by atoms with Crippen molar-refractivity contribution >= 4 is 21.6 Å². The van der Waals surface area contributed by atoms with Crippen molar-refractivity contribution < 1.29 is 14.6 Å². The number of halogens is 2. The second kappa shape index (κ2) is 5.71. The van der Waals surface area contributed by atoms with Gasteiger partial charge in [0, 0.05) is 5.69 Å². The van der Waals surface area contributed by atoms with E-state index in [4.69, 9.17) is 0 Å². The molecule has 0 saturated carbocycles. The molecule has 2 rings (SSSR count). The van der Waals surface area contributed by atoms with Gasteiger partial charge in [-0.25, -0.2) is 4.39 Å². The van der Waals surface area contributed by atoms with Crippen molar-refractivity contribution in [2.24, 2.45) is 0 Å². The second-order valence-corrected chi connectivity index (χ2v) is 5.51. The summed E-state index contributed by atoms with van der Waals surface area (Å²) in [6, 6.07) is 7.26. The van der Waals surface area contributed by atoms with Gasteiger partial charge in [0.25, 0.3) is 0 Å². The Morgan fingerprint density at radius 2 is 1.80 bits per heavy atom. The van der Waals surface area contributed by atoms with Crippen LogP contribution >= 0.6 is 15.9 Å². The molecule has 0 aromatic heterocycles. The summed E-state index contributed by atoms with van der Waals surface area (Å²) < 4.78 is 14.0. The van der Waals surface area contributed by atoms with Crippen LogP contribution in [0.4, 0.5) is 10.1 Å². The summed E-state index contributed by atoms with van der Waals surface area (Å²) in [5.41, 5.74) is 1.86. The highest BCUT2D eigenvalue weighted by Crippen LogP contribution is 2.35. The van der Waals surface area contributed by atoms with Crippen LogP contribution in [0.2, 0.25) is 0 Å². The molecule has 0 fully saturated rings. The summed E-state index contributed by atoms with van der Waals surface area (Å²) in [5.74, 6) is -0.368. The van der Waals surface area contributed by atoms with Crippen LogP contribution < -0.4 is 5.32 Å². The fourth-order valence-electron chi connectivity index (χ4n) is 2.09. The van der Waals surface area contributed by atoms with Crippen molar-refractivity contribution in [2.75, 3.05) is 5.32 Å². The predicted molar refractivity (Wildman–Crippen MR) is 80.6 cm³/mol. The molecule has 106 valence electrons. The third-order valence-electron chi connectivity index (χ3n) is 3.13. The number of rotatable bonds is 3. The number of hydrogen-bond donors (Lipinski definition) is 3. The molecule has 0 aliphatic rings. The van der Waals surface area contributed by atoms with Gasteiger partial charge in [0.15, 0.2) is 0 Å². The lowest BCUT2D eigenvalue weighted by Crippen LogP contribution is -2.08. The molecule has 0 aliphatic carbocycles. The molecule has 0 radical (unpaired) electrons. The Bertz CT molecular complexity index is 626. The van der Waals surface area contributed by atoms with Crippen molar-refractivity contribution in [3.63, 3.8) is 0 Å². The van der Waals surface area contributed by atoms with Crippen LogP contribution in [0.3, 0.4) is 0 Å². The summed E-state index contributed by atoms with van der Waals surface area (Å²) >= 11 is 3.13. The van der Waals surface area contributed by atoms with Crippen LogP contribution in [0.1, 0.15) is 24.1 Å². The van der Waals surface area contributed by atoms with Gasteiger partial charge in [0.1, 0.15) is 17.3 Å². The van der Waals surface area contributed by atoms with Gasteiger partial charge < -0.3 is 15.5 Å². The number of phenols is 2. The molecule has 0 heterocycles. The number of anilines is 1. The van der Waals surface area contributed by atoms with Crippen LogP contribution in [0.5, 0.6) is 11.5 Å². The Labute approximate surface area is 125 Å².